The number of alkyl halides is 2. The number of nitrogens with zero attached hydrogens (tertiary/aromatic N) is 3. The summed E-state index contributed by atoms with van der Waals surface area (Å²) < 4.78 is 28.8. The predicted octanol–water partition coefficient (Wildman–Crippen LogP) is 3.45. The van der Waals surface area contributed by atoms with Gasteiger partial charge in [0.2, 0.25) is 0 Å². The van der Waals surface area contributed by atoms with E-state index in [2.05, 4.69) is 41.2 Å². The fourth-order valence-corrected chi connectivity index (χ4v) is 2.37. The topological polar surface area (TPSA) is 113 Å². The Hall–Kier alpha value is -4.02. The van der Waals surface area contributed by atoms with Crippen molar-refractivity contribution >= 4 is 29.0 Å². The highest BCUT2D eigenvalue weighted by molar-refractivity contribution is 5.89. The maximum atomic E-state index is 12.2. The van der Waals surface area contributed by atoms with E-state index in [1.54, 1.807) is 30.6 Å². The quantitative estimate of drug-likeness (QED) is 0.396. The molecular weight excluding hydrogens is 396 g/mol. The van der Waals surface area contributed by atoms with Gasteiger partial charge in [-0.05, 0) is 36.4 Å². The normalized spacial score (nSPS) is 10.4. The number of halogens is 2. The molecular formula is C19H19F2N7O2. The lowest BCUT2D eigenvalue weighted by molar-refractivity contribution is -0.0497. The molecule has 4 N–H and O–H groups in total. The van der Waals surface area contributed by atoms with Crippen molar-refractivity contribution < 1.29 is 18.3 Å². The molecule has 0 aliphatic heterocycles. The minimum Gasteiger partial charge on any atom is -0.435 e. The number of rotatable bonds is 9. The van der Waals surface area contributed by atoms with E-state index in [0.29, 0.717) is 30.4 Å². The van der Waals surface area contributed by atoms with E-state index < -0.39 is 12.6 Å². The molecule has 3 aromatic rings. The summed E-state index contributed by atoms with van der Waals surface area (Å²) in [5, 5.41) is 19.4. The highest BCUT2D eigenvalue weighted by Crippen LogP contribution is 2.19. The first-order chi connectivity index (χ1) is 14.6. The van der Waals surface area contributed by atoms with E-state index in [9.17, 15) is 13.6 Å². The Morgan fingerprint density at radius 3 is 2.53 bits per heavy atom. The van der Waals surface area contributed by atoms with Crippen LogP contribution in [0.25, 0.3) is 0 Å². The van der Waals surface area contributed by atoms with Gasteiger partial charge in [0.05, 0.1) is 11.9 Å². The van der Waals surface area contributed by atoms with Crippen LogP contribution in [0.15, 0.2) is 60.9 Å². The zero-order valence-electron chi connectivity index (χ0n) is 15.7. The van der Waals surface area contributed by atoms with Crippen molar-refractivity contribution in [2.24, 2.45) is 0 Å². The number of hydrogen-bond donors (Lipinski definition) is 4. The van der Waals surface area contributed by atoms with E-state index in [-0.39, 0.29) is 5.75 Å². The molecule has 2 amide bonds. The summed E-state index contributed by atoms with van der Waals surface area (Å²) in [5.74, 6) is 1.08. The molecule has 0 bridgehead atoms. The van der Waals surface area contributed by atoms with E-state index in [1.165, 1.54) is 18.2 Å². The number of ether oxygens (including phenoxy) is 1. The Kier molecular flexibility index (Phi) is 7.25. The van der Waals surface area contributed by atoms with Crippen LogP contribution in [0.3, 0.4) is 0 Å². The Morgan fingerprint density at radius 1 is 1.00 bits per heavy atom. The maximum absolute atomic E-state index is 12.2. The van der Waals surface area contributed by atoms with Crippen molar-refractivity contribution in [2.75, 3.05) is 29.0 Å². The van der Waals surface area contributed by atoms with Crippen molar-refractivity contribution in [2.45, 2.75) is 6.61 Å². The molecule has 3 rings (SSSR count). The fraction of sp³-hybridized carbons (Fsp3) is 0.158. The number of anilines is 4. The van der Waals surface area contributed by atoms with Crippen LogP contribution in [0.1, 0.15) is 0 Å². The van der Waals surface area contributed by atoms with Crippen molar-refractivity contribution in [3.05, 3.63) is 60.9 Å². The first-order valence-corrected chi connectivity index (χ1v) is 8.93. The second kappa shape index (κ2) is 10.5. The number of benzene rings is 1. The molecule has 30 heavy (non-hydrogen) atoms. The summed E-state index contributed by atoms with van der Waals surface area (Å²) in [6, 6.07) is 12.4. The summed E-state index contributed by atoms with van der Waals surface area (Å²) in [4.78, 5) is 15.9. The first kappa shape index (κ1) is 20.7. The summed E-state index contributed by atoms with van der Waals surface area (Å²) >= 11 is 0. The van der Waals surface area contributed by atoms with Gasteiger partial charge >= 0.3 is 12.6 Å². The Morgan fingerprint density at radius 2 is 1.80 bits per heavy atom. The monoisotopic (exact) mass is 415 g/mol. The molecule has 156 valence electrons. The summed E-state index contributed by atoms with van der Waals surface area (Å²) in [7, 11) is 0. The lowest BCUT2D eigenvalue weighted by atomic mass is 10.3. The highest BCUT2D eigenvalue weighted by Gasteiger charge is 2.06. The number of carbonyl (C=O) groups is 1. The van der Waals surface area contributed by atoms with Gasteiger partial charge in [0, 0.05) is 31.0 Å². The molecule has 0 spiro atoms. The smallest absolute Gasteiger partial charge is 0.387 e. The molecule has 0 aliphatic rings. The largest absolute Gasteiger partial charge is 0.435 e. The molecule has 0 atom stereocenters. The van der Waals surface area contributed by atoms with Crippen LogP contribution < -0.4 is 26.0 Å². The highest BCUT2D eigenvalue weighted by atomic mass is 19.3. The van der Waals surface area contributed by atoms with E-state index in [0.717, 1.165) is 5.69 Å². The van der Waals surface area contributed by atoms with Gasteiger partial charge in [-0.25, -0.2) is 4.79 Å². The van der Waals surface area contributed by atoms with Crippen LogP contribution in [0, 0.1) is 0 Å². The minimum absolute atomic E-state index is 0.0375. The van der Waals surface area contributed by atoms with Gasteiger partial charge in [-0.2, -0.15) is 8.78 Å². The zero-order chi connectivity index (χ0) is 21.2. The summed E-state index contributed by atoms with van der Waals surface area (Å²) in [6.45, 7) is -2.22. The summed E-state index contributed by atoms with van der Waals surface area (Å²) in [5.41, 5.74) is 1.13. The van der Waals surface area contributed by atoms with Gasteiger partial charge in [0.25, 0.3) is 0 Å². The molecule has 0 aliphatic carbocycles. The van der Waals surface area contributed by atoms with Gasteiger partial charge in [0.1, 0.15) is 11.6 Å². The fourth-order valence-electron chi connectivity index (χ4n) is 2.37. The third-order valence-corrected chi connectivity index (χ3v) is 3.63. The lowest BCUT2D eigenvalue weighted by Crippen LogP contribution is -2.32. The van der Waals surface area contributed by atoms with Crippen LogP contribution >= 0.6 is 0 Å². The molecule has 11 heteroatoms. The number of carbonyl (C=O) groups excluding carboxylic acids is 1. The molecule has 9 nitrogen and oxygen atoms in total. The molecule has 0 unspecified atom stereocenters. The number of hydrogen-bond acceptors (Lipinski definition) is 7. The van der Waals surface area contributed by atoms with Gasteiger partial charge in [0.15, 0.2) is 5.82 Å². The lowest BCUT2D eigenvalue weighted by Gasteiger charge is -2.10. The number of amides is 2. The SMILES string of the molecule is O=C(NCCNc1ccc(Nc2cccnc2)nn1)Nc1cccc(OC(F)F)c1. The van der Waals surface area contributed by atoms with Crippen molar-refractivity contribution in [1.29, 1.82) is 0 Å². The van der Waals surface area contributed by atoms with Crippen LogP contribution in [-0.4, -0.2) is 40.9 Å². The van der Waals surface area contributed by atoms with Gasteiger partial charge in [-0.15, -0.1) is 10.2 Å². The average molecular weight is 415 g/mol. The van der Waals surface area contributed by atoms with Gasteiger partial charge in [-0.1, -0.05) is 6.07 Å². The second-order valence-electron chi connectivity index (χ2n) is 5.88. The predicted molar refractivity (Wildman–Crippen MR) is 108 cm³/mol. The molecule has 2 aromatic heterocycles. The van der Waals surface area contributed by atoms with Crippen molar-refractivity contribution in [3.63, 3.8) is 0 Å². The minimum atomic E-state index is -2.93. The first-order valence-electron chi connectivity index (χ1n) is 8.93. The number of aromatic nitrogens is 3. The Balaban J connectivity index is 1.38. The molecule has 0 saturated heterocycles. The standard InChI is InChI=1S/C19H19F2N7O2/c20-18(21)30-15-5-1-3-13(11-15)26-19(29)24-10-9-23-16-6-7-17(28-27-16)25-14-4-2-8-22-12-14/h1-8,11-12,18H,9-10H2,(H,23,27)(H,25,28)(H2,24,26,29). The number of urea groups is 1. The third-order valence-electron chi connectivity index (χ3n) is 3.63. The number of pyridine rings is 1. The second-order valence-corrected chi connectivity index (χ2v) is 5.88. The van der Waals surface area contributed by atoms with Gasteiger partial charge in [-0.3, -0.25) is 4.98 Å². The van der Waals surface area contributed by atoms with E-state index in [4.69, 9.17) is 0 Å². The molecule has 0 radical (unpaired) electrons. The zero-order valence-corrected chi connectivity index (χ0v) is 15.7. The summed E-state index contributed by atoms with van der Waals surface area (Å²) in [6.07, 6.45) is 3.35. The van der Waals surface area contributed by atoms with Crippen LogP contribution in [0.4, 0.5) is 36.6 Å². The van der Waals surface area contributed by atoms with Crippen LogP contribution in [0.2, 0.25) is 0 Å². The molecule has 2 heterocycles. The van der Waals surface area contributed by atoms with E-state index >= 15 is 0 Å². The Labute approximate surface area is 170 Å². The molecule has 0 saturated carbocycles. The molecule has 1 aromatic carbocycles. The van der Waals surface area contributed by atoms with Gasteiger partial charge < -0.3 is 26.0 Å². The number of nitrogens with one attached hydrogen (secondary N) is 4. The Bertz CT molecular complexity index is 943. The van der Waals surface area contributed by atoms with Crippen molar-refractivity contribution in [1.82, 2.24) is 20.5 Å². The third kappa shape index (κ3) is 6.86. The maximum Gasteiger partial charge on any atom is 0.387 e. The average Bonchev–Trinajstić information content (AvgIpc) is 2.73. The molecule has 0 fully saturated rings. The van der Waals surface area contributed by atoms with Crippen LogP contribution in [-0.2, 0) is 0 Å². The van der Waals surface area contributed by atoms with Crippen LogP contribution in [0.5, 0.6) is 5.75 Å². The van der Waals surface area contributed by atoms with E-state index in [1.807, 2.05) is 12.1 Å². The van der Waals surface area contributed by atoms with Crippen molar-refractivity contribution in [3.8, 4) is 5.75 Å².